The second-order valence-electron chi connectivity index (χ2n) is 3.24. The third-order valence-electron chi connectivity index (χ3n) is 2.57. The fourth-order valence-corrected chi connectivity index (χ4v) is 1.98. The number of carbonyl (C=O) groups excluding carboxylic acids is 1. The minimum atomic E-state index is 0. The molecule has 2 saturated heterocycles. The average Bonchev–Trinajstić information content (AvgIpc) is 2.42. The molecule has 0 aromatic heterocycles. The number of amides is 1. The van der Waals surface area contributed by atoms with E-state index in [9.17, 15) is 4.79 Å². The molecule has 4 heteroatoms. The second-order valence-corrected chi connectivity index (χ2v) is 3.24. The van der Waals surface area contributed by atoms with Crippen molar-refractivity contribution in [2.45, 2.75) is 0 Å². The minimum absolute atomic E-state index is 0. The molecule has 2 fully saturated rings. The summed E-state index contributed by atoms with van der Waals surface area (Å²) in [5, 5.41) is 3.33. The predicted octanol–water partition coefficient (Wildman–Crippen LogP) is -0.284. The van der Waals surface area contributed by atoms with Gasteiger partial charge >= 0.3 is 0 Å². The van der Waals surface area contributed by atoms with Crippen LogP contribution in [0.5, 0.6) is 0 Å². The van der Waals surface area contributed by atoms with E-state index < -0.39 is 0 Å². The molecular weight excluding hydrogens is 164 g/mol. The molecule has 0 radical (unpaired) electrons. The first-order chi connectivity index (χ1) is 4.90. The fourth-order valence-electron chi connectivity index (χ4n) is 1.98. The number of rotatable bonds is 1. The Balaban J connectivity index is 0.000000605. The summed E-state index contributed by atoms with van der Waals surface area (Å²) >= 11 is 0. The molecule has 0 unspecified atom stereocenters. The van der Waals surface area contributed by atoms with Gasteiger partial charge in [0.15, 0.2) is 0 Å². The maximum absolute atomic E-state index is 10.3. The van der Waals surface area contributed by atoms with Gasteiger partial charge in [0.05, 0.1) is 0 Å². The highest BCUT2D eigenvalue weighted by molar-refractivity contribution is 5.85. The third kappa shape index (κ3) is 1.49. The van der Waals surface area contributed by atoms with Crippen LogP contribution in [0, 0.1) is 11.8 Å². The van der Waals surface area contributed by atoms with Crippen LogP contribution in [-0.2, 0) is 4.79 Å². The van der Waals surface area contributed by atoms with Gasteiger partial charge in [0.25, 0.3) is 0 Å². The molecule has 0 bridgehead atoms. The van der Waals surface area contributed by atoms with Crippen LogP contribution in [0.2, 0.25) is 0 Å². The number of carbonyl (C=O) groups is 1. The number of hydrogen-bond donors (Lipinski definition) is 1. The van der Waals surface area contributed by atoms with Crippen molar-refractivity contribution >= 4 is 18.8 Å². The summed E-state index contributed by atoms with van der Waals surface area (Å²) in [6.07, 6.45) is 0.971. The van der Waals surface area contributed by atoms with E-state index in [4.69, 9.17) is 0 Å². The Hall–Kier alpha value is -0.280. The molecule has 0 aliphatic carbocycles. The van der Waals surface area contributed by atoms with Gasteiger partial charge in [-0.3, -0.25) is 4.79 Å². The van der Waals surface area contributed by atoms with Gasteiger partial charge in [-0.25, -0.2) is 0 Å². The van der Waals surface area contributed by atoms with E-state index in [-0.39, 0.29) is 12.4 Å². The lowest BCUT2D eigenvalue weighted by molar-refractivity contribution is -0.117. The third-order valence-corrected chi connectivity index (χ3v) is 2.57. The van der Waals surface area contributed by atoms with Crippen molar-refractivity contribution in [3.8, 4) is 0 Å². The average molecular weight is 177 g/mol. The number of nitrogens with one attached hydrogen (secondary N) is 1. The molecule has 0 aromatic rings. The van der Waals surface area contributed by atoms with E-state index in [1.807, 2.05) is 4.90 Å². The van der Waals surface area contributed by atoms with Crippen molar-refractivity contribution in [2.24, 2.45) is 11.8 Å². The molecule has 2 rings (SSSR count). The maximum Gasteiger partial charge on any atom is 0.209 e. The lowest BCUT2D eigenvalue weighted by Gasteiger charge is -2.08. The Morgan fingerprint density at radius 3 is 2.27 bits per heavy atom. The standard InChI is InChI=1S/C7H12N2O.ClH/c10-5-9-3-6-1-8-2-7(6)4-9;/h5-8H,1-4H2;1H/t6-,7-;/m0./s1. The van der Waals surface area contributed by atoms with Gasteiger partial charge in [-0.2, -0.15) is 0 Å². The van der Waals surface area contributed by atoms with Crippen LogP contribution in [0.4, 0.5) is 0 Å². The zero-order valence-electron chi connectivity index (χ0n) is 6.32. The number of likely N-dealkylation sites (tertiary alicyclic amines) is 1. The van der Waals surface area contributed by atoms with Crippen LogP contribution < -0.4 is 5.32 Å². The fraction of sp³-hybridized carbons (Fsp3) is 0.857. The summed E-state index contributed by atoms with van der Waals surface area (Å²) in [5.41, 5.74) is 0. The van der Waals surface area contributed by atoms with E-state index in [1.165, 1.54) is 0 Å². The highest BCUT2D eigenvalue weighted by atomic mass is 35.5. The van der Waals surface area contributed by atoms with Gasteiger partial charge in [0.1, 0.15) is 0 Å². The molecule has 1 N–H and O–H groups in total. The number of halogens is 1. The van der Waals surface area contributed by atoms with Gasteiger partial charge in [-0.1, -0.05) is 0 Å². The Morgan fingerprint density at radius 1 is 1.27 bits per heavy atom. The summed E-state index contributed by atoms with van der Waals surface area (Å²) in [5.74, 6) is 1.48. The molecule has 2 atom stereocenters. The number of hydrogen-bond acceptors (Lipinski definition) is 2. The van der Waals surface area contributed by atoms with Crippen LogP contribution in [0.1, 0.15) is 0 Å². The smallest absolute Gasteiger partial charge is 0.209 e. The normalized spacial score (nSPS) is 34.7. The second kappa shape index (κ2) is 3.41. The number of fused-ring (bicyclic) bond motifs is 1. The predicted molar refractivity (Wildman–Crippen MR) is 44.7 cm³/mol. The SMILES string of the molecule is Cl.O=CN1C[C@@H]2CNC[C@H]2C1. The van der Waals surface area contributed by atoms with Gasteiger partial charge in [-0.05, 0) is 11.8 Å². The van der Waals surface area contributed by atoms with Crippen LogP contribution in [0.25, 0.3) is 0 Å². The summed E-state index contributed by atoms with van der Waals surface area (Å²) in [6, 6.07) is 0. The van der Waals surface area contributed by atoms with Crippen molar-refractivity contribution in [1.82, 2.24) is 10.2 Å². The summed E-state index contributed by atoms with van der Waals surface area (Å²) in [4.78, 5) is 12.2. The lowest BCUT2D eigenvalue weighted by Crippen LogP contribution is -2.24. The molecule has 1 amide bonds. The quantitative estimate of drug-likeness (QED) is 0.558. The van der Waals surface area contributed by atoms with Crippen LogP contribution >= 0.6 is 12.4 Å². The molecule has 2 heterocycles. The zero-order valence-corrected chi connectivity index (χ0v) is 7.14. The van der Waals surface area contributed by atoms with Crippen LogP contribution in [0.3, 0.4) is 0 Å². The van der Waals surface area contributed by atoms with Crippen molar-refractivity contribution < 1.29 is 4.79 Å². The van der Waals surface area contributed by atoms with E-state index in [0.717, 1.165) is 44.4 Å². The van der Waals surface area contributed by atoms with Gasteiger partial charge in [0, 0.05) is 26.2 Å². The Kier molecular flexibility index (Phi) is 2.73. The van der Waals surface area contributed by atoms with E-state index in [1.54, 1.807) is 0 Å². The molecule has 0 saturated carbocycles. The lowest BCUT2D eigenvalue weighted by atomic mass is 10.0. The van der Waals surface area contributed by atoms with Crippen molar-refractivity contribution in [3.05, 3.63) is 0 Å². The first-order valence-electron chi connectivity index (χ1n) is 3.80. The van der Waals surface area contributed by atoms with Gasteiger partial charge < -0.3 is 10.2 Å². The van der Waals surface area contributed by atoms with E-state index in [2.05, 4.69) is 5.32 Å². The zero-order chi connectivity index (χ0) is 6.97. The topological polar surface area (TPSA) is 32.3 Å². The largest absolute Gasteiger partial charge is 0.345 e. The molecule has 2 aliphatic heterocycles. The van der Waals surface area contributed by atoms with Crippen molar-refractivity contribution in [3.63, 3.8) is 0 Å². The van der Waals surface area contributed by atoms with E-state index in [0.29, 0.717) is 0 Å². The highest BCUT2D eigenvalue weighted by Gasteiger charge is 2.35. The van der Waals surface area contributed by atoms with Crippen molar-refractivity contribution in [1.29, 1.82) is 0 Å². The van der Waals surface area contributed by atoms with Gasteiger partial charge in [0.2, 0.25) is 6.41 Å². The Bertz CT molecular complexity index is 141. The highest BCUT2D eigenvalue weighted by Crippen LogP contribution is 2.24. The molecule has 2 aliphatic rings. The van der Waals surface area contributed by atoms with Crippen LogP contribution in [-0.4, -0.2) is 37.5 Å². The first kappa shape index (κ1) is 8.81. The van der Waals surface area contributed by atoms with Gasteiger partial charge in [-0.15, -0.1) is 12.4 Å². The monoisotopic (exact) mass is 176 g/mol. The maximum atomic E-state index is 10.3. The Morgan fingerprint density at radius 2 is 1.82 bits per heavy atom. The first-order valence-corrected chi connectivity index (χ1v) is 3.80. The Labute approximate surface area is 72.5 Å². The van der Waals surface area contributed by atoms with E-state index >= 15 is 0 Å². The molecule has 3 nitrogen and oxygen atoms in total. The van der Waals surface area contributed by atoms with Crippen molar-refractivity contribution in [2.75, 3.05) is 26.2 Å². The summed E-state index contributed by atoms with van der Waals surface area (Å²) in [6.45, 7) is 4.16. The molecule has 0 spiro atoms. The minimum Gasteiger partial charge on any atom is -0.345 e. The molecule has 0 aromatic carbocycles. The summed E-state index contributed by atoms with van der Waals surface area (Å²) < 4.78 is 0. The molecule has 11 heavy (non-hydrogen) atoms. The number of nitrogens with zero attached hydrogens (tertiary/aromatic N) is 1. The molecular formula is C7H13ClN2O. The molecule has 64 valence electrons. The summed E-state index contributed by atoms with van der Waals surface area (Å²) in [7, 11) is 0. The van der Waals surface area contributed by atoms with Crippen LogP contribution in [0.15, 0.2) is 0 Å².